The molecule has 0 unspecified atom stereocenters. The van der Waals surface area contributed by atoms with E-state index in [1.54, 1.807) is 0 Å². The molecule has 3 heteroatoms. The van der Waals surface area contributed by atoms with Crippen molar-refractivity contribution in [1.82, 2.24) is 14.6 Å². The summed E-state index contributed by atoms with van der Waals surface area (Å²) in [5.74, 6) is 0.459. The fourth-order valence-electron chi connectivity index (χ4n) is 1.82. The molecule has 0 spiro atoms. The van der Waals surface area contributed by atoms with Crippen molar-refractivity contribution in [1.29, 1.82) is 0 Å². The molecule has 14 heavy (non-hydrogen) atoms. The first-order chi connectivity index (χ1) is 6.59. The molecular formula is C11H15N3. The summed E-state index contributed by atoms with van der Waals surface area (Å²) in [6, 6.07) is 2.06. The van der Waals surface area contributed by atoms with Crippen molar-refractivity contribution in [2.24, 2.45) is 0 Å². The van der Waals surface area contributed by atoms with Crippen molar-refractivity contribution in [2.75, 3.05) is 0 Å². The second-order valence-electron chi connectivity index (χ2n) is 4.04. The molecule has 0 N–H and O–H groups in total. The SMILES string of the molecule is Cc1cnn2c(C(C)C)c(C)nc2c1. The smallest absolute Gasteiger partial charge is 0.154 e. The van der Waals surface area contributed by atoms with E-state index in [4.69, 9.17) is 0 Å². The van der Waals surface area contributed by atoms with Crippen LogP contribution >= 0.6 is 0 Å². The van der Waals surface area contributed by atoms with Gasteiger partial charge in [0.05, 0.1) is 17.6 Å². The van der Waals surface area contributed by atoms with Gasteiger partial charge in [-0.25, -0.2) is 9.50 Å². The largest absolute Gasteiger partial charge is 0.232 e. The van der Waals surface area contributed by atoms with Crippen LogP contribution in [0.1, 0.15) is 36.7 Å². The van der Waals surface area contributed by atoms with Gasteiger partial charge in [-0.1, -0.05) is 13.8 Å². The van der Waals surface area contributed by atoms with E-state index in [2.05, 4.69) is 30.0 Å². The molecule has 0 aliphatic rings. The lowest BCUT2D eigenvalue weighted by Gasteiger charge is -2.04. The van der Waals surface area contributed by atoms with Crippen molar-refractivity contribution in [2.45, 2.75) is 33.6 Å². The van der Waals surface area contributed by atoms with Crippen LogP contribution in [0.2, 0.25) is 0 Å². The summed E-state index contributed by atoms with van der Waals surface area (Å²) in [4.78, 5) is 4.50. The zero-order valence-corrected chi connectivity index (χ0v) is 9.07. The maximum Gasteiger partial charge on any atom is 0.154 e. The Morgan fingerprint density at radius 1 is 1.29 bits per heavy atom. The second-order valence-corrected chi connectivity index (χ2v) is 4.04. The van der Waals surface area contributed by atoms with Crippen molar-refractivity contribution >= 4 is 5.65 Å². The Hall–Kier alpha value is -1.38. The number of aromatic nitrogens is 3. The lowest BCUT2D eigenvalue weighted by atomic mass is 10.1. The van der Waals surface area contributed by atoms with Crippen LogP contribution in [0.25, 0.3) is 5.65 Å². The van der Waals surface area contributed by atoms with E-state index in [9.17, 15) is 0 Å². The van der Waals surface area contributed by atoms with Crippen LogP contribution in [0.3, 0.4) is 0 Å². The van der Waals surface area contributed by atoms with Gasteiger partial charge in [0.1, 0.15) is 0 Å². The average molecular weight is 189 g/mol. The van der Waals surface area contributed by atoms with Crippen LogP contribution in [0, 0.1) is 13.8 Å². The van der Waals surface area contributed by atoms with E-state index in [-0.39, 0.29) is 0 Å². The second kappa shape index (κ2) is 3.08. The monoisotopic (exact) mass is 189 g/mol. The molecule has 0 aliphatic heterocycles. The van der Waals surface area contributed by atoms with Crippen LogP contribution in [0.5, 0.6) is 0 Å². The molecule has 0 radical (unpaired) electrons. The summed E-state index contributed by atoms with van der Waals surface area (Å²) in [6.45, 7) is 8.40. The van der Waals surface area contributed by atoms with Crippen LogP contribution < -0.4 is 0 Å². The van der Waals surface area contributed by atoms with Gasteiger partial charge in [-0.15, -0.1) is 0 Å². The molecule has 3 nitrogen and oxygen atoms in total. The highest BCUT2D eigenvalue weighted by atomic mass is 15.3. The van der Waals surface area contributed by atoms with E-state index in [1.807, 2.05) is 24.6 Å². The van der Waals surface area contributed by atoms with Crippen molar-refractivity contribution < 1.29 is 0 Å². The van der Waals surface area contributed by atoms with E-state index < -0.39 is 0 Å². The molecular weight excluding hydrogens is 174 g/mol. The number of nitrogens with zero attached hydrogens (tertiary/aromatic N) is 3. The Bertz CT molecular complexity index is 469. The van der Waals surface area contributed by atoms with E-state index in [0.29, 0.717) is 5.92 Å². The molecule has 2 heterocycles. The lowest BCUT2D eigenvalue weighted by Crippen LogP contribution is -2.00. The molecule has 74 valence electrons. The van der Waals surface area contributed by atoms with Gasteiger partial charge in [0.15, 0.2) is 5.65 Å². The van der Waals surface area contributed by atoms with E-state index in [0.717, 1.165) is 16.9 Å². The highest BCUT2D eigenvalue weighted by Crippen LogP contribution is 2.19. The Morgan fingerprint density at radius 3 is 2.64 bits per heavy atom. The first-order valence-electron chi connectivity index (χ1n) is 4.91. The summed E-state index contributed by atoms with van der Waals surface area (Å²) in [5.41, 5.74) is 4.39. The molecule has 2 aromatic heterocycles. The van der Waals surface area contributed by atoms with Gasteiger partial charge in [0.2, 0.25) is 0 Å². The lowest BCUT2D eigenvalue weighted by molar-refractivity contribution is 0.750. The van der Waals surface area contributed by atoms with Gasteiger partial charge in [-0.3, -0.25) is 0 Å². The molecule has 0 aromatic carbocycles. The number of hydrogen-bond acceptors (Lipinski definition) is 2. The predicted octanol–water partition coefficient (Wildman–Crippen LogP) is 2.47. The van der Waals surface area contributed by atoms with Crippen LogP contribution in [0.15, 0.2) is 12.3 Å². The van der Waals surface area contributed by atoms with Crippen LogP contribution in [0.4, 0.5) is 0 Å². The Balaban J connectivity index is 2.77. The Labute approximate surface area is 83.8 Å². The van der Waals surface area contributed by atoms with Gasteiger partial charge >= 0.3 is 0 Å². The zero-order valence-electron chi connectivity index (χ0n) is 9.07. The quantitative estimate of drug-likeness (QED) is 0.689. The third kappa shape index (κ3) is 1.29. The minimum Gasteiger partial charge on any atom is -0.232 e. The van der Waals surface area contributed by atoms with Crippen LogP contribution in [-0.2, 0) is 0 Å². The normalized spacial score (nSPS) is 11.5. The van der Waals surface area contributed by atoms with Gasteiger partial charge in [0, 0.05) is 0 Å². The fourth-order valence-corrected chi connectivity index (χ4v) is 1.82. The third-order valence-corrected chi connectivity index (χ3v) is 2.38. The molecule has 0 bridgehead atoms. The molecule has 0 amide bonds. The maximum absolute atomic E-state index is 4.50. The number of fused-ring (bicyclic) bond motifs is 1. The standard InChI is InChI=1S/C11H15N3/c1-7(2)11-9(4)13-10-5-8(3)6-12-14(10)11/h5-7H,1-4H3. The summed E-state index contributed by atoms with van der Waals surface area (Å²) >= 11 is 0. The summed E-state index contributed by atoms with van der Waals surface area (Å²) in [5, 5.41) is 4.38. The van der Waals surface area contributed by atoms with Crippen molar-refractivity contribution in [3.05, 3.63) is 29.2 Å². The zero-order chi connectivity index (χ0) is 10.3. The Morgan fingerprint density at radius 2 is 2.00 bits per heavy atom. The van der Waals surface area contributed by atoms with Crippen LogP contribution in [-0.4, -0.2) is 14.6 Å². The maximum atomic E-state index is 4.50. The van der Waals surface area contributed by atoms with Gasteiger partial charge in [-0.2, -0.15) is 5.10 Å². The highest BCUT2D eigenvalue weighted by Gasteiger charge is 2.12. The van der Waals surface area contributed by atoms with E-state index in [1.165, 1.54) is 5.69 Å². The molecule has 0 fully saturated rings. The Kier molecular flexibility index (Phi) is 2.02. The first-order valence-corrected chi connectivity index (χ1v) is 4.91. The minimum atomic E-state index is 0.459. The number of imidazole rings is 1. The molecule has 0 saturated carbocycles. The number of rotatable bonds is 1. The molecule has 0 aliphatic carbocycles. The predicted molar refractivity (Wildman–Crippen MR) is 56.6 cm³/mol. The summed E-state index contributed by atoms with van der Waals surface area (Å²) in [6.07, 6.45) is 1.88. The first kappa shape index (κ1) is 9.19. The topological polar surface area (TPSA) is 30.2 Å². The van der Waals surface area contributed by atoms with Crippen molar-refractivity contribution in [3.63, 3.8) is 0 Å². The molecule has 0 saturated heterocycles. The fraction of sp³-hybridized carbons (Fsp3) is 0.455. The van der Waals surface area contributed by atoms with Gasteiger partial charge in [0.25, 0.3) is 0 Å². The van der Waals surface area contributed by atoms with Crippen molar-refractivity contribution in [3.8, 4) is 0 Å². The summed E-state index contributed by atoms with van der Waals surface area (Å²) in [7, 11) is 0. The molecule has 2 aromatic rings. The minimum absolute atomic E-state index is 0.459. The average Bonchev–Trinajstić information content (AvgIpc) is 2.39. The number of hydrogen-bond donors (Lipinski definition) is 0. The summed E-state index contributed by atoms with van der Waals surface area (Å²) < 4.78 is 1.94. The van der Waals surface area contributed by atoms with Gasteiger partial charge < -0.3 is 0 Å². The third-order valence-electron chi connectivity index (χ3n) is 2.38. The number of aryl methyl sites for hydroxylation is 2. The molecule has 2 rings (SSSR count). The van der Waals surface area contributed by atoms with Gasteiger partial charge in [-0.05, 0) is 31.4 Å². The molecule has 0 atom stereocenters. The highest BCUT2D eigenvalue weighted by molar-refractivity contribution is 5.43. The van der Waals surface area contributed by atoms with E-state index >= 15 is 0 Å².